The summed E-state index contributed by atoms with van der Waals surface area (Å²) in [5, 5.41) is 9.43. The number of hydrogen-bond acceptors (Lipinski definition) is 6. The molecule has 28 heavy (non-hydrogen) atoms. The predicted molar refractivity (Wildman–Crippen MR) is 108 cm³/mol. The number of methoxy groups -OCH3 is 1. The third-order valence-corrected chi connectivity index (χ3v) is 5.58. The molecule has 144 valence electrons. The Kier molecular flexibility index (Phi) is 5.57. The van der Waals surface area contributed by atoms with E-state index in [0.717, 1.165) is 42.9 Å². The minimum atomic E-state index is 0.146. The van der Waals surface area contributed by atoms with Crippen LogP contribution in [0, 0.1) is 0 Å². The van der Waals surface area contributed by atoms with Gasteiger partial charge in [-0.3, -0.25) is 14.3 Å². The van der Waals surface area contributed by atoms with Crippen molar-refractivity contribution in [2.75, 3.05) is 26.0 Å². The Bertz CT molecular complexity index is 954. The third kappa shape index (κ3) is 3.87. The lowest BCUT2D eigenvalue weighted by Gasteiger charge is -2.15. The van der Waals surface area contributed by atoms with E-state index in [0.29, 0.717) is 16.7 Å². The largest absolute Gasteiger partial charge is 0.497 e. The van der Waals surface area contributed by atoms with Crippen LogP contribution >= 0.6 is 11.8 Å². The van der Waals surface area contributed by atoms with Crippen molar-refractivity contribution in [1.29, 1.82) is 0 Å². The molecule has 0 radical (unpaired) electrons. The number of nitrogens with zero attached hydrogens (tertiary/aromatic N) is 5. The fourth-order valence-electron chi connectivity index (χ4n) is 3.22. The van der Waals surface area contributed by atoms with Crippen molar-refractivity contribution >= 4 is 17.7 Å². The number of thioether (sulfide) groups is 1. The van der Waals surface area contributed by atoms with Crippen molar-refractivity contribution in [3.05, 3.63) is 48.8 Å². The summed E-state index contributed by atoms with van der Waals surface area (Å²) in [6.45, 7) is 1.70. The van der Waals surface area contributed by atoms with Crippen LogP contribution in [0.5, 0.6) is 5.75 Å². The van der Waals surface area contributed by atoms with Crippen LogP contribution in [-0.2, 0) is 4.79 Å². The van der Waals surface area contributed by atoms with Crippen LogP contribution in [0.3, 0.4) is 0 Å². The van der Waals surface area contributed by atoms with E-state index in [1.54, 1.807) is 19.5 Å². The van der Waals surface area contributed by atoms with Crippen molar-refractivity contribution in [1.82, 2.24) is 24.6 Å². The van der Waals surface area contributed by atoms with E-state index in [9.17, 15) is 4.79 Å². The van der Waals surface area contributed by atoms with Crippen molar-refractivity contribution in [3.8, 4) is 22.8 Å². The van der Waals surface area contributed by atoms with Gasteiger partial charge in [0.15, 0.2) is 11.0 Å². The second-order valence-electron chi connectivity index (χ2n) is 6.46. The molecular weight excluding hydrogens is 374 g/mol. The Morgan fingerprint density at radius 2 is 1.93 bits per heavy atom. The molecule has 2 aromatic heterocycles. The summed E-state index contributed by atoms with van der Waals surface area (Å²) >= 11 is 1.41. The first-order valence-electron chi connectivity index (χ1n) is 9.17. The molecule has 1 saturated heterocycles. The van der Waals surface area contributed by atoms with E-state index >= 15 is 0 Å². The minimum absolute atomic E-state index is 0.146. The van der Waals surface area contributed by atoms with Crippen LogP contribution in [0.1, 0.15) is 12.8 Å². The highest BCUT2D eigenvalue weighted by molar-refractivity contribution is 7.99. The van der Waals surface area contributed by atoms with Gasteiger partial charge in [0.1, 0.15) is 5.75 Å². The van der Waals surface area contributed by atoms with E-state index in [4.69, 9.17) is 4.74 Å². The minimum Gasteiger partial charge on any atom is -0.497 e. The number of hydrogen-bond donors (Lipinski definition) is 0. The normalized spacial score (nSPS) is 13.7. The molecule has 3 aromatic rings. The predicted octanol–water partition coefficient (Wildman–Crippen LogP) is 3.05. The van der Waals surface area contributed by atoms with Gasteiger partial charge in [-0.1, -0.05) is 17.8 Å². The van der Waals surface area contributed by atoms with Crippen LogP contribution in [0.2, 0.25) is 0 Å². The highest BCUT2D eigenvalue weighted by atomic mass is 32.2. The lowest BCUT2D eigenvalue weighted by molar-refractivity contribution is -0.127. The number of aromatic nitrogens is 4. The van der Waals surface area contributed by atoms with Gasteiger partial charge in [0, 0.05) is 37.1 Å². The van der Waals surface area contributed by atoms with Gasteiger partial charge in [-0.05, 0) is 37.1 Å². The summed E-state index contributed by atoms with van der Waals surface area (Å²) in [4.78, 5) is 18.5. The topological polar surface area (TPSA) is 73.1 Å². The Balaban J connectivity index is 1.67. The highest BCUT2D eigenvalue weighted by Crippen LogP contribution is 2.29. The average molecular weight is 395 g/mol. The zero-order valence-corrected chi connectivity index (χ0v) is 16.4. The number of rotatable bonds is 6. The smallest absolute Gasteiger partial charge is 0.233 e. The van der Waals surface area contributed by atoms with Crippen molar-refractivity contribution in [2.24, 2.45) is 0 Å². The molecule has 1 aliphatic rings. The van der Waals surface area contributed by atoms with Gasteiger partial charge in [0.25, 0.3) is 0 Å². The van der Waals surface area contributed by atoms with E-state index in [1.165, 1.54) is 11.8 Å². The molecule has 0 unspecified atom stereocenters. The first kappa shape index (κ1) is 18.5. The van der Waals surface area contributed by atoms with Gasteiger partial charge in [0.2, 0.25) is 5.91 Å². The molecule has 1 aliphatic heterocycles. The molecule has 1 aromatic carbocycles. The number of carbonyl (C=O) groups is 1. The van der Waals surface area contributed by atoms with Gasteiger partial charge >= 0.3 is 0 Å². The summed E-state index contributed by atoms with van der Waals surface area (Å²) in [6, 6.07) is 11.5. The summed E-state index contributed by atoms with van der Waals surface area (Å²) in [7, 11) is 1.64. The maximum absolute atomic E-state index is 12.5. The van der Waals surface area contributed by atoms with Crippen LogP contribution in [-0.4, -0.2) is 56.5 Å². The van der Waals surface area contributed by atoms with Crippen molar-refractivity contribution in [3.63, 3.8) is 0 Å². The summed E-state index contributed by atoms with van der Waals surface area (Å²) in [5.74, 6) is 1.94. The molecule has 0 bridgehead atoms. The van der Waals surface area contributed by atoms with Gasteiger partial charge < -0.3 is 9.64 Å². The molecule has 1 fully saturated rings. The quantitative estimate of drug-likeness (QED) is 0.598. The van der Waals surface area contributed by atoms with E-state index in [-0.39, 0.29) is 5.91 Å². The first-order chi connectivity index (χ1) is 13.8. The van der Waals surface area contributed by atoms with Crippen LogP contribution in [0.4, 0.5) is 0 Å². The molecular formula is C20H21N5O2S. The lowest BCUT2D eigenvalue weighted by Crippen LogP contribution is -2.29. The molecule has 0 atom stereocenters. The second-order valence-corrected chi connectivity index (χ2v) is 7.40. The van der Waals surface area contributed by atoms with E-state index in [1.807, 2.05) is 45.9 Å². The van der Waals surface area contributed by atoms with Crippen LogP contribution in [0.25, 0.3) is 17.1 Å². The van der Waals surface area contributed by atoms with E-state index in [2.05, 4.69) is 15.2 Å². The Morgan fingerprint density at radius 3 is 2.68 bits per heavy atom. The molecule has 0 spiro atoms. The molecule has 1 amide bonds. The number of pyridine rings is 1. The number of ether oxygens (including phenoxy) is 1. The van der Waals surface area contributed by atoms with Crippen LogP contribution < -0.4 is 4.74 Å². The Labute approximate surface area is 167 Å². The van der Waals surface area contributed by atoms with Crippen LogP contribution in [0.15, 0.2) is 53.9 Å². The third-order valence-electron chi connectivity index (χ3n) is 4.67. The molecule has 0 aliphatic carbocycles. The number of carbonyl (C=O) groups excluding carboxylic acids is 1. The monoisotopic (exact) mass is 395 g/mol. The molecule has 0 N–H and O–H groups in total. The second kappa shape index (κ2) is 8.43. The lowest BCUT2D eigenvalue weighted by atomic mass is 10.2. The first-order valence-corrected chi connectivity index (χ1v) is 10.2. The summed E-state index contributed by atoms with van der Waals surface area (Å²) in [5.41, 5.74) is 1.79. The average Bonchev–Trinajstić information content (AvgIpc) is 3.43. The van der Waals surface area contributed by atoms with Crippen molar-refractivity contribution in [2.45, 2.75) is 18.0 Å². The molecule has 4 rings (SSSR count). The SMILES string of the molecule is COc1cccc(-n2c(SCC(=O)N3CCCC3)nnc2-c2ccncc2)c1. The Morgan fingerprint density at radius 1 is 1.14 bits per heavy atom. The summed E-state index contributed by atoms with van der Waals surface area (Å²) in [6.07, 6.45) is 5.62. The zero-order chi connectivity index (χ0) is 19.3. The standard InChI is InChI=1S/C20H21N5O2S/c1-27-17-6-4-5-16(13-17)25-19(15-7-9-21-10-8-15)22-23-20(25)28-14-18(26)24-11-2-3-12-24/h4-10,13H,2-3,11-12,14H2,1H3. The summed E-state index contributed by atoms with van der Waals surface area (Å²) < 4.78 is 7.33. The molecule has 3 heterocycles. The number of likely N-dealkylation sites (tertiary alicyclic amines) is 1. The van der Waals surface area contributed by atoms with Gasteiger partial charge in [0.05, 0.1) is 18.6 Å². The maximum Gasteiger partial charge on any atom is 0.233 e. The zero-order valence-electron chi connectivity index (χ0n) is 15.6. The molecule has 0 saturated carbocycles. The highest BCUT2D eigenvalue weighted by Gasteiger charge is 2.21. The maximum atomic E-state index is 12.5. The van der Waals surface area contributed by atoms with E-state index < -0.39 is 0 Å². The Hall–Kier alpha value is -2.87. The van der Waals surface area contributed by atoms with Crippen molar-refractivity contribution < 1.29 is 9.53 Å². The van der Waals surface area contributed by atoms with Gasteiger partial charge in [-0.2, -0.15) is 0 Å². The number of amides is 1. The number of benzene rings is 1. The fraction of sp³-hybridized carbons (Fsp3) is 0.300. The van der Waals surface area contributed by atoms with Gasteiger partial charge in [-0.25, -0.2) is 0 Å². The fourth-order valence-corrected chi connectivity index (χ4v) is 4.07. The van der Waals surface area contributed by atoms with Gasteiger partial charge in [-0.15, -0.1) is 10.2 Å². The molecule has 7 nitrogen and oxygen atoms in total. The molecule has 8 heteroatoms.